The number of amides is 4. The van der Waals surface area contributed by atoms with Crippen LogP contribution in [-0.2, 0) is 16.0 Å². The van der Waals surface area contributed by atoms with Gasteiger partial charge in [0.15, 0.2) is 0 Å². The molecule has 1 aliphatic heterocycles. The zero-order valence-corrected chi connectivity index (χ0v) is 19.7. The highest BCUT2D eigenvalue weighted by molar-refractivity contribution is 6.12. The number of β-lactam (4-membered cyclic amide) rings is 1. The first-order valence-corrected chi connectivity index (χ1v) is 11.9. The molecule has 3 heterocycles. The number of anilines is 2. The van der Waals surface area contributed by atoms with Gasteiger partial charge in [0.1, 0.15) is 11.9 Å². The van der Waals surface area contributed by atoms with Crippen LogP contribution in [-0.4, -0.2) is 51.8 Å². The highest BCUT2D eigenvalue weighted by Crippen LogP contribution is 2.33. The van der Waals surface area contributed by atoms with Crippen LogP contribution in [0.25, 0.3) is 0 Å². The van der Waals surface area contributed by atoms with E-state index in [2.05, 4.69) is 15.3 Å². The van der Waals surface area contributed by atoms with Crippen molar-refractivity contribution in [2.24, 2.45) is 11.8 Å². The Morgan fingerprint density at radius 2 is 1.88 bits per heavy atom. The van der Waals surface area contributed by atoms with Crippen LogP contribution in [0.15, 0.2) is 42.9 Å². The fourth-order valence-electron chi connectivity index (χ4n) is 5.04. The van der Waals surface area contributed by atoms with Gasteiger partial charge in [-0.05, 0) is 61.9 Å². The van der Waals surface area contributed by atoms with Gasteiger partial charge in [-0.15, -0.1) is 0 Å². The summed E-state index contributed by atoms with van der Waals surface area (Å²) >= 11 is 0. The molecule has 9 nitrogen and oxygen atoms in total. The van der Waals surface area contributed by atoms with Crippen LogP contribution in [0.5, 0.6) is 0 Å². The average Bonchev–Trinajstić information content (AvgIpc) is 2.85. The molecule has 2 aromatic rings. The second-order valence-electron chi connectivity index (χ2n) is 9.29. The Morgan fingerprint density at radius 1 is 1.18 bits per heavy atom. The van der Waals surface area contributed by atoms with Gasteiger partial charge in [0.2, 0.25) is 5.91 Å². The number of nitrogens with zero attached hydrogens (tertiary/aromatic N) is 4. The minimum absolute atomic E-state index is 0.0617. The fraction of sp³-hybridized carbons (Fsp3) is 0.480. The van der Waals surface area contributed by atoms with Crippen LogP contribution in [0.4, 0.5) is 16.3 Å². The van der Waals surface area contributed by atoms with Crippen LogP contribution in [0.1, 0.15) is 44.6 Å². The van der Waals surface area contributed by atoms with Gasteiger partial charge in [-0.25, -0.2) is 9.78 Å². The zero-order valence-electron chi connectivity index (χ0n) is 19.7. The molecule has 1 aliphatic carbocycles. The zero-order chi connectivity index (χ0) is 24.2. The number of likely N-dealkylation sites (N-methyl/N-ethyl adjacent to an activating group) is 1. The number of likely N-dealkylation sites (tertiary alicyclic amines) is 1. The van der Waals surface area contributed by atoms with E-state index < -0.39 is 18.0 Å². The lowest BCUT2D eigenvalue weighted by atomic mass is 9.81. The molecule has 0 unspecified atom stereocenters. The molecular formula is C25H32N6O3. The third kappa shape index (κ3) is 4.88. The van der Waals surface area contributed by atoms with E-state index in [-0.39, 0.29) is 17.9 Å². The smallest absolute Gasteiger partial charge is 0.325 e. The molecule has 1 saturated heterocycles. The molecule has 34 heavy (non-hydrogen) atoms. The number of pyridine rings is 2. The number of carbonyl (C=O) groups excluding carboxylic acids is 3. The van der Waals surface area contributed by atoms with Gasteiger partial charge in [-0.3, -0.25) is 19.5 Å². The molecule has 1 saturated carbocycles. The van der Waals surface area contributed by atoms with E-state index in [9.17, 15) is 14.4 Å². The number of nitrogen functional groups attached to an aromatic ring is 1. The number of nitrogens with one attached hydrogen (secondary N) is 1. The van der Waals surface area contributed by atoms with Crippen molar-refractivity contribution in [2.75, 3.05) is 17.7 Å². The van der Waals surface area contributed by atoms with Gasteiger partial charge in [0.25, 0.3) is 5.91 Å². The molecule has 2 aromatic heterocycles. The van der Waals surface area contributed by atoms with Gasteiger partial charge in [-0.2, -0.15) is 0 Å². The topological polar surface area (TPSA) is 122 Å². The predicted octanol–water partition coefficient (Wildman–Crippen LogP) is 2.77. The van der Waals surface area contributed by atoms with Crippen LogP contribution >= 0.6 is 0 Å². The molecule has 4 amide bonds. The fourth-order valence-corrected chi connectivity index (χ4v) is 5.04. The first-order chi connectivity index (χ1) is 16.4. The maximum absolute atomic E-state index is 13.5. The van der Waals surface area contributed by atoms with Crippen molar-refractivity contribution in [3.63, 3.8) is 0 Å². The Balaban J connectivity index is 1.54. The van der Waals surface area contributed by atoms with E-state index in [0.29, 0.717) is 23.8 Å². The molecule has 0 radical (unpaired) electrons. The third-order valence-corrected chi connectivity index (χ3v) is 7.08. The van der Waals surface area contributed by atoms with Crippen LogP contribution in [0.2, 0.25) is 0 Å². The highest BCUT2D eigenvalue weighted by Gasteiger charge is 2.55. The van der Waals surface area contributed by atoms with E-state index in [1.54, 1.807) is 49.9 Å². The highest BCUT2D eigenvalue weighted by atomic mass is 16.2. The Labute approximate surface area is 199 Å². The molecule has 0 bridgehead atoms. The summed E-state index contributed by atoms with van der Waals surface area (Å²) in [7, 11) is 1.64. The van der Waals surface area contributed by atoms with Gasteiger partial charge in [0.05, 0.1) is 5.92 Å². The normalized spacial score (nSPS) is 21.5. The van der Waals surface area contributed by atoms with Crippen molar-refractivity contribution in [3.8, 4) is 0 Å². The van der Waals surface area contributed by atoms with Crippen molar-refractivity contribution < 1.29 is 14.4 Å². The second-order valence-corrected chi connectivity index (χ2v) is 9.29. The number of urea groups is 1. The largest absolute Gasteiger partial charge is 0.384 e. The van der Waals surface area contributed by atoms with Gasteiger partial charge in [-0.1, -0.05) is 19.3 Å². The lowest BCUT2D eigenvalue weighted by Gasteiger charge is -2.46. The van der Waals surface area contributed by atoms with Gasteiger partial charge in [0, 0.05) is 37.4 Å². The van der Waals surface area contributed by atoms with Crippen LogP contribution < -0.4 is 16.0 Å². The lowest BCUT2D eigenvalue weighted by Crippen LogP contribution is -2.71. The number of carbonyl (C=O) groups is 3. The van der Waals surface area contributed by atoms with E-state index in [1.165, 1.54) is 11.3 Å². The standard InChI is InChI=1S/C25H32N6O3/c1-16(18-6-4-3-5-7-18)29-25(34)31-22(24(33)30(2)19-9-11-27-12-10-19)20(23(31)32)14-17-8-13-28-21(26)15-17/h8-13,15-16,18,20,22H,3-7,14H2,1-2H3,(H2,26,28)(H,29,34)/t16-,20-,22+/m1/s1. The number of hydrogen-bond donors (Lipinski definition) is 2. The predicted molar refractivity (Wildman–Crippen MR) is 129 cm³/mol. The summed E-state index contributed by atoms with van der Waals surface area (Å²) in [5.41, 5.74) is 7.23. The number of nitrogens with two attached hydrogens (primary N) is 1. The summed E-state index contributed by atoms with van der Waals surface area (Å²) in [5, 5.41) is 2.99. The Kier molecular flexibility index (Phi) is 7.09. The molecule has 3 N–H and O–H groups in total. The minimum atomic E-state index is -0.904. The lowest BCUT2D eigenvalue weighted by molar-refractivity contribution is -0.156. The molecule has 2 fully saturated rings. The van der Waals surface area contributed by atoms with Gasteiger partial charge >= 0.3 is 6.03 Å². The monoisotopic (exact) mass is 464 g/mol. The van der Waals surface area contributed by atoms with Crippen molar-refractivity contribution in [1.82, 2.24) is 20.2 Å². The Bertz CT molecular complexity index is 1040. The molecule has 3 atom stereocenters. The molecule has 0 spiro atoms. The number of hydrogen-bond acceptors (Lipinski definition) is 6. The Hall–Kier alpha value is -3.49. The van der Waals surface area contributed by atoms with E-state index in [0.717, 1.165) is 36.1 Å². The summed E-state index contributed by atoms with van der Waals surface area (Å²) < 4.78 is 0. The SMILES string of the molecule is C[C@@H](NC(=O)N1C(=O)[C@H](Cc2ccnc(N)c2)[C@H]1C(=O)N(C)c1ccncc1)C1CCCCC1. The van der Waals surface area contributed by atoms with E-state index in [4.69, 9.17) is 5.73 Å². The van der Waals surface area contributed by atoms with Crippen molar-refractivity contribution in [1.29, 1.82) is 0 Å². The van der Waals surface area contributed by atoms with E-state index >= 15 is 0 Å². The van der Waals surface area contributed by atoms with Crippen molar-refractivity contribution in [3.05, 3.63) is 48.4 Å². The minimum Gasteiger partial charge on any atom is -0.384 e. The molecule has 0 aromatic carbocycles. The first kappa shape index (κ1) is 23.7. The summed E-state index contributed by atoms with van der Waals surface area (Å²) in [6.07, 6.45) is 10.7. The van der Waals surface area contributed by atoms with Crippen molar-refractivity contribution >= 4 is 29.4 Å². The molecule has 9 heteroatoms. The van der Waals surface area contributed by atoms with Gasteiger partial charge < -0.3 is 16.0 Å². The Morgan fingerprint density at radius 3 is 2.56 bits per heavy atom. The molecular weight excluding hydrogens is 432 g/mol. The second kappa shape index (κ2) is 10.2. The number of aromatic nitrogens is 2. The third-order valence-electron chi connectivity index (χ3n) is 7.08. The average molecular weight is 465 g/mol. The first-order valence-electron chi connectivity index (χ1n) is 11.9. The van der Waals surface area contributed by atoms with Crippen molar-refractivity contribution in [2.45, 2.75) is 57.5 Å². The van der Waals surface area contributed by atoms with E-state index in [1.807, 2.05) is 6.92 Å². The maximum atomic E-state index is 13.5. The summed E-state index contributed by atoms with van der Waals surface area (Å²) in [6, 6.07) is 5.42. The summed E-state index contributed by atoms with van der Waals surface area (Å²) in [6.45, 7) is 1.98. The quantitative estimate of drug-likeness (QED) is 0.634. The molecule has 4 rings (SSSR count). The number of rotatable bonds is 6. The summed E-state index contributed by atoms with van der Waals surface area (Å²) in [4.78, 5) is 50.4. The summed E-state index contributed by atoms with van der Waals surface area (Å²) in [5.74, 6) is -0.604. The maximum Gasteiger partial charge on any atom is 0.325 e. The molecule has 180 valence electrons. The van der Waals surface area contributed by atoms with Crippen LogP contribution in [0, 0.1) is 11.8 Å². The number of imide groups is 1. The molecule has 2 aliphatic rings. The van der Waals surface area contributed by atoms with Crippen LogP contribution in [0.3, 0.4) is 0 Å².